The SMILES string of the molecule is CCC(C)C(CO)NC(=O)O. The molecule has 1 amide bonds. The molecule has 0 saturated heterocycles. The van der Waals surface area contributed by atoms with E-state index in [4.69, 9.17) is 10.2 Å². The Balaban J connectivity index is 3.84. The lowest BCUT2D eigenvalue weighted by atomic mass is 10.0. The van der Waals surface area contributed by atoms with E-state index < -0.39 is 6.09 Å². The highest BCUT2D eigenvalue weighted by molar-refractivity contribution is 5.64. The quantitative estimate of drug-likeness (QED) is 0.567. The molecule has 0 heterocycles. The van der Waals surface area contributed by atoms with Gasteiger partial charge in [0.2, 0.25) is 0 Å². The van der Waals surface area contributed by atoms with Gasteiger partial charge in [-0.3, -0.25) is 0 Å². The molecule has 0 aliphatic rings. The molecule has 0 aliphatic heterocycles. The maximum absolute atomic E-state index is 10.2. The Morgan fingerprint density at radius 3 is 2.45 bits per heavy atom. The van der Waals surface area contributed by atoms with Crippen LogP contribution in [0.1, 0.15) is 20.3 Å². The minimum Gasteiger partial charge on any atom is -0.465 e. The second-order valence-corrected chi connectivity index (χ2v) is 2.62. The van der Waals surface area contributed by atoms with Crippen molar-refractivity contribution < 1.29 is 15.0 Å². The van der Waals surface area contributed by atoms with Crippen molar-refractivity contribution in [1.82, 2.24) is 5.32 Å². The van der Waals surface area contributed by atoms with Crippen molar-refractivity contribution in [1.29, 1.82) is 0 Å². The van der Waals surface area contributed by atoms with E-state index in [1.165, 1.54) is 0 Å². The fourth-order valence-corrected chi connectivity index (χ4v) is 0.811. The van der Waals surface area contributed by atoms with Crippen molar-refractivity contribution in [3.63, 3.8) is 0 Å². The third kappa shape index (κ3) is 3.83. The second kappa shape index (κ2) is 4.96. The fraction of sp³-hybridized carbons (Fsp3) is 0.857. The van der Waals surface area contributed by atoms with Crippen LogP contribution in [0.5, 0.6) is 0 Å². The van der Waals surface area contributed by atoms with Gasteiger partial charge in [-0.15, -0.1) is 0 Å². The Labute approximate surface area is 66.2 Å². The van der Waals surface area contributed by atoms with Crippen molar-refractivity contribution >= 4 is 6.09 Å². The molecule has 0 saturated carbocycles. The topological polar surface area (TPSA) is 69.6 Å². The van der Waals surface area contributed by atoms with Crippen LogP contribution in [0.25, 0.3) is 0 Å². The normalized spacial score (nSPS) is 15.5. The summed E-state index contributed by atoms with van der Waals surface area (Å²) in [6.07, 6.45) is -0.227. The Kier molecular flexibility index (Phi) is 4.61. The molecule has 0 aliphatic carbocycles. The van der Waals surface area contributed by atoms with E-state index in [2.05, 4.69) is 5.32 Å². The first-order valence-electron chi connectivity index (χ1n) is 3.72. The summed E-state index contributed by atoms with van der Waals surface area (Å²) in [5.74, 6) is 0.177. The number of amides is 1. The molecular weight excluding hydrogens is 146 g/mol. The highest BCUT2D eigenvalue weighted by atomic mass is 16.4. The minimum absolute atomic E-state index is 0.138. The van der Waals surface area contributed by atoms with Gasteiger partial charge in [0.05, 0.1) is 12.6 Å². The van der Waals surface area contributed by atoms with Gasteiger partial charge in [-0.25, -0.2) is 4.79 Å². The summed E-state index contributed by atoms with van der Waals surface area (Å²) in [6.45, 7) is 3.72. The monoisotopic (exact) mass is 161 g/mol. The number of rotatable bonds is 4. The van der Waals surface area contributed by atoms with E-state index in [1.807, 2.05) is 13.8 Å². The van der Waals surface area contributed by atoms with Gasteiger partial charge in [0.15, 0.2) is 0 Å². The Morgan fingerprint density at radius 1 is 1.64 bits per heavy atom. The largest absolute Gasteiger partial charge is 0.465 e. The lowest BCUT2D eigenvalue weighted by molar-refractivity contribution is 0.163. The van der Waals surface area contributed by atoms with Gasteiger partial charge in [0.25, 0.3) is 0 Å². The van der Waals surface area contributed by atoms with E-state index >= 15 is 0 Å². The summed E-state index contributed by atoms with van der Waals surface area (Å²) in [6, 6.07) is -0.336. The van der Waals surface area contributed by atoms with Gasteiger partial charge in [0.1, 0.15) is 0 Å². The smallest absolute Gasteiger partial charge is 0.404 e. The van der Waals surface area contributed by atoms with Crippen molar-refractivity contribution in [3.8, 4) is 0 Å². The van der Waals surface area contributed by atoms with Gasteiger partial charge in [-0.05, 0) is 5.92 Å². The van der Waals surface area contributed by atoms with Crippen LogP contribution in [0.2, 0.25) is 0 Å². The van der Waals surface area contributed by atoms with Crippen LogP contribution >= 0.6 is 0 Å². The van der Waals surface area contributed by atoms with Crippen molar-refractivity contribution in [3.05, 3.63) is 0 Å². The summed E-state index contributed by atoms with van der Waals surface area (Å²) in [4.78, 5) is 10.2. The molecule has 0 spiro atoms. The number of aliphatic hydroxyl groups is 1. The van der Waals surface area contributed by atoms with Crippen LogP contribution in [-0.4, -0.2) is 29.0 Å². The van der Waals surface area contributed by atoms with Crippen molar-refractivity contribution in [2.24, 2.45) is 5.92 Å². The van der Waals surface area contributed by atoms with Crippen LogP contribution in [0.4, 0.5) is 4.79 Å². The number of hydrogen-bond donors (Lipinski definition) is 3. The summed E-state index contributed by atoms with van der Waals surface area (Å²) >= 11 is 0. The standard InChI is InChI=1S/C7H15NO3/c1-3-5(2)6(4-9)8-7(10)11/h5-6,8-9H,3-4H2,1-2H3,(H,10,11). The van der Waals surface area contributed by atoms with E-state index in [0.29, 0.717) is 0 Å². The number of nitrogens with one attached hydrogen (secondary N) is 1. The molecule has 0 rings (SSSR count). The van der Waals surface area contributed by atoms with E-state index in [1.54, 1.807) is 0 Å². The zero-order chi connectivity index (χ0) is 8.85. The molecule has 11 heavy (non-hydrogen) atoms. The molecule has 2 unspecified atom stereocenters. The summed E-state index contributed by atoms with van der Waals surface area (Å²) in [5, 5.41) is 19.3. The molecular formula is C7H15NO3. The number of carboxylic acid groups (broad SMARTS) is 1. The fourth-order valence-electron chi connectivity index (χ4n) is 0.811. The van der Waals surface area contributed by atoms with Crippen LogP contribution < -0.4 is 5.32 Å². The molecule has 0 aromatic heterocycles. The molecule has 0 aromatic rings. The van der Waals surface area contributed by atoms with Crippen LogP contribution in [0.3, 0.4) is 0 Å². The average molecular weight is 161 g/mol. The first-order valence-corrected chi connectivity index (χ1v) is 3.72. The zero-order valence-electron chi connectivity index (χ0n) is 6.87. The third-order valence-corrected chi connectivity index (χ3v) is 1.84. The van der Waals surface area contributed by atoms with Crippen LogP contribution in [0, 0.1) is 5.92 Å². The summed E-state index contributed by atoms with van der Waals surface area (Å²) < 4.78 is 0. The lowest BCUT2D eigenvalue weighted by Crippen LogP contribution is -2.41. The molecule has 3 N–H and O–H groups in total. The highest BCUT2D eigenvalue weighted by Gasteiger charge is 2.15. The van der Waals surface area contributed by atoms with Crippen LogP contribution in [-0.2, 0) is 0 Å². The van der Waals surface area contributed by atoms with Crippen molar-refractivity contribution in [2.45, 2.75) is 26.3 Å². The van der Waals surface area contributed by atoms with E-state index in [9.17, 15) is 4.79 Å². The molecule has 0 fully saturated rings. The molecule has 2 atom stereocenters. The Morgan fingerprint density at radius 2 is 2.18 bits per heavy atom. The summed E-state index contributed by atoms with van der Waals surface area (Å²) in [7, 11) is 0. The van der Waals surface area contributed by atoms with Gasteiger partial charge in [0, 0.05) is 0 Å². The van der Waals surface area contributed by atoms with E-state index in [0.717, 1.165) is 6.42 Å². The zero-order valence-corrected chi connectivity index (χ0v) is 6.87. The number of hydrogen-bond acceptors (Lipinski definition) is 2. The first-order chi connectivity index (χ1) is 5.11. The Bertz CT molecular complexity index is 127. The molecule has 4 nitrogen and oxygen atoms in total. The van der Waals surface area contributed by atoms with Crippen molar-refractivity contribution in [2.75, 3.05) is 6.61 Å². The maximum atomic E-state index is 10.2. The molecule has 66 valence electrons. The van der Waals surface area contributed by atoms with Gasteiger partial charge >= 0.3 is 6.09 Å². The Hall–Kier alpha value is -0.770. The molecule has 4 heteroatoms. The molecule has 0 aromatic carbocycles. The predicted molar refractivity (Wildman–Crippen MR) is 41.5 cm³/mol. The van der Waals surface area contributed by atoms with Gasteiger partial charge in [-0.2, -0.15) is 0 Å². The lowest BCUT2D eigenvalue weighted by Gasteiger charge is -2.19. The predicted octanol–water partition coefficient (Wildman–Crippen LogP) is 0.661. The number of aliphatic hydroxyl groups excluding tert-OH is 1. The van der Waals surface area contributed by atoms with Crippen LogP contribution in [0.15, 0.2) is 0 Å². The molecule has 0 bridgehead atoms. The third-order valence-electron chi connectivity index (χ3n) is 1.84. The van der Waals surface area contributed by atoms with Gasteiger partial charge < -0.3 is 15.5 Å². The average Bonchev–Trinajstić information content (AvgIpc) is 1.98. The minimum atomic E-state index is -1.08. The second-order valence-electron chi connectivity index (χ2n) is 2.62. The van der Waals surface area contributed by atoms with E-state index in [-0.39, 0.29) is 18.6 Å². The number of carbonyl (C=O) groups is 1. The molecule has 0 radical (unpaired) electrons. The maximum Gasteiger partial charge on any atom is 0.404 e. The van der Waals surface area contributed by atoms with Gasteiger partial charge in [-0.1, -0.05) is 20.3 Å². The first kappa shape index (κ1) is 10.2. The summed E-state index contributed by atoms with van der Waals surface area (Å²) in [5.41, 5.74) is 0. The highest BCUT2D eigenvalue weighted by Crippen LogP contribution is 2.06.